The molecule has 182 valence electrons. The molecule has 0 aliphatic rings. The maximum atomic E-state index is 12.3. The van der Waals surface area contributed by atoms with E-state index in [0.29, 0.717) is 23.7 Å². The fraction of sp³-hybridized carbons (Fsp3) is 0.138. The van der Waals surface area contributed by atoms with Crippen LogP contribution in [0.5, 0.6) is 17.2 Å². The van der Waals surface area contributed by atoms with Crippen LogP contribution >= 0.6 is 0 Å². The van der Waals surface area contributed by atoms with Gasteiger partial charge in [-0.25, -0.2) is 9.59 Å². The molecule has 7 nitrogen and oxygen atoms in total. The summed E-state index contributed by atoms with van der Waals surface area (Å²) in [5.41, 5.74) is 3.30. The van der Waals surface area contributed by atoms with Crippen LogP contribution in [-0.2, 0) is 20.9 Å². The third kappa shape index (κ3) is 7.08. The predicted octanol–water partition coefficient (Wildman–Crippen LogP) is 5.28. The Morgan fingerprint density at radius 1 is 0.944 bits per heavy atom. The molecule has 0 bridgehead atoms. The summed E-state index contributed by atoms with van der Waals surface area (Å²) in [5.74, 6) is 0.0536. The standard InChI is InChI=1S/C29H25NO6/c1-20-7-4-5-9-23(20)19-35-26-13-11-21(17-27(26)33-2)12-14-28(31)36-25-10-6-8-22(16-25)15-24(18-30)29(32)34-3/h4-17H,19H2,1-3H3/b14-12+,24-15+. The molecule has 3 rings (SSSR count). The zero-order valence-electron chi connectivity index (χ0n) is 20.2. The highest BCUT2D eigenvalue weighted by atomic mass is 16.5. The van der Waals surface area contributed by atoms with Crippen LogP contribution in [0.1, 0.15) is 22.3 Å². The van der Waals surface area contributed by atoms with Crippen molar-refractivity contribution in [2.75, 3.05) is 14.2 Å². The van der Waals surface area contributed by atoms with Gasteiger partial charge in [0.05, 0.1) is 14.2 Å². The lowest BCUT2D eigenvalue weighted by Crippen LogP contribution is -2.04. The van der Waals surface area contributed by atoms with Crippen LogP contribution in [-0.4, -0.2) is 26.2 Å². The maximum Gasteiger partial charge on any atom is 0.348 e. The fourth-order valence-electron chi connectivity index (χ4n) is 3.23. The average molecular weight is 484 g/mol. The van der Waals surface area contributed by atoms with Crippen molar-refractivity contribution in [1.29, 1.82) is 5.26 Å². The molecule has 0 saturated heterocycles. The number of carbonyl (C=O) groups excluding carboxylic acids is 2. The zero-order chi connectivity index (χ0) is 25.9. The van der Waals surface area contributed by atoms with Crippen molar-refractivity contribution in [3.05, 3.63) is 101 Å². The summed E-state index contributed by atoms with van der Waals surface area (Å²) < 4.78 is 21.3. The van der Waals surface area contributed by atoms with Gasteiger partial charge in [0.2, 0.25) is 0 Å². The summed E-state index contributed by atoms with van der Waals surface area (Å²) in [6.45, 7) is 2.44. The van der Waals surface area contributed by atoms with Crippen molar-refractivity contribution < 1.29 is 28.5 Å². The molecule has 0 radical (unpaired) electrons. The number of nitrogens with zero attached hydrogens (tertiary/aromatic N) is 1. The fourth-order valence-corrected chi connectivity index (χ4v) is 3.23. The smallest absolute Gasteiger partial charge is 0.348 e. The topological polar surface area (TPSA) is 94.9 Å². The number of carbonyl (C=O) groups is 2. The Labute approximate surface area is 209 Å². The minimum atomic E-state index is -0.746. The highest BCUT2D eigenvalue weighted by molar-refractivity contribution is 5.97. The summed E-state index contributed by atoms with van der Waals surface area (Å²) >= 11 is 0. The first kappa shape index (κ1) is 25.8. The lowest BCUT2D eigenvalue weighted by molar-refractivity contribution is -0.135. The molecule has 0 aliphatic carbocycles. The number of benzene rings is 3. The molecule has 0 amide bonds. The number of hydrogen-bond donors (Lipinski definition) is 0. The summed E-state index contributed by atoms with van der Waals surface area (Å²) in [7, 11) is 2.75. The number of rotatable bonds is 9. The molecule has 0 atom stereocenters. The molecule has 36 heavy (non-hydrogen) atoms. The molecular formula is C29H25NO6. The lowest BCUT2D eigenvalue weighted by atomic mass is 10.1. The Kier molecular flexibility index (Phi) is 9.01. The Morgan fingerprint density at radius 2 is 1.75 bits per heavy atom. The Hall–Kier alpha value is -4.83. The van der Waals surface area contributed by atoms with Gasteiger partial charge in [-0.2, -0.15) is 5.26 Å². The number of methoxy groups -OCH3 is 2. The third-order valence-electron chi connectivity index (χ3n) is 5.16. The molecule has 3 aromatic carbocycles. The van der Waals surface area contributed by atoms with Crippen molar-refractivity contribution in [3.63, 3.8) is 0 Å². The number of esters is 2. The van der Waals surface area contributed by atoms with Gasteiger partial charge in [0.1, 0.15) is 24.0 Å². The summed E-state index contributed by atoms with van der Waals surface area (Å²) in [6, 6.07) is 21.6. The molecule has 0 unspecified atom stereocenters. The van der Waals surface area contributed by atoms with Gasteiger partial charge in [0.15, 0.2) is 11.5 Å². The number of hydrogen-bond acceptors (Lipinski definition) is 7. The van der Waals surface area contributed by atoms with Crippen molar-refractivity contribution in [2.45, 2.75) is 13.5 Å². The molecule has 0 saturated carbocycles. The van der Waals surface area contributed by atoms with Crippen molar-refractivity contribution in [3.8, 4) is 23.3 Å². The van der Waals surface area contributed by atoms with E-state index < -0.39 is 11.9 Å². The van der Waals surface area contributed by atoms with Crippen LogP contribution in [0.4, 0.5) is 0 Å². The maximum absolute atomic E-state index is 12.3. The van der Waals surface area contributed by atoms with Gasteiger partial charge in [-0.15, -0.1) is 0 Å². The van der Waals surface area contributed by atoms with Gasteiger partial charge < -0.3 is 18.9 Å². The number of nitriles is 1. The van der Waals surface area contributed by atoms with Gasteiger partial charge in [-0.05, 0) is 65.6 Å². The lowest BCUT2D eigenvalue weighted by Gasteiger charge is -2.12. The zero-order valence-corrected chi connectivity index (χ0v) is 20.2. The van der Waals surface area contributed by atoms with E-state index >= 15 is 0 Å². The second-order valence-electron chi connectivity index (χ2n) is 7.61. The van der Waals surface area contributed by atoms with Crippen molar-refractivity contribution in [1.82, 2.24) is 0 Å². The van der Waals surface area contributed by atoms with E-state index in [9.17, 15) is 9.59 Å². The first-order valence-electron chi connectivity index (χ1n) is 11.0. The number of ether oxygens (including phenoxy) is 4. The normalized spacial score (nSPS) is 11.0. The molecular weight excluding hydrogens is 458 g/mol. The van der Waals surface area contributed by atoms with Crippen LogP contribution in [0.15, 0.2) is 78.4 Å². The summed E-state index contributed by atoms with van der Waals surface area (Å²) in [5, 5.41) is 9.10. The Morgan fingerprint density at radius 3 is 2.47 bits per heavy atom. The van der Waals surface area contributed by atoms with Crippen molar-refractivity contribution in [2.24, 2.45) is 0 Å². The van der Waals surface area contributed by atoms with E-state index in [2.05, 4.69) is 4.74 Å². The van der Waals surface area contributed by atoms with Crippen LogP contribution in [0.3, 0.4) is 0 Å². The van der Waals surface area contributed by atoms with Crippen LogP contribution < -0.4 is 14.2 Å². The SMILES string of the molecule is COC(=O)/C(C#N)=C/c1cccc(OC(=O)/C=C/c2ccc(OCc3ccccc3C)c(OC)c2)c1. The molecule has 3 aromatic rings. The van der Waals surface area contributed by atoms with E-state index in [1.807, 2.05) is 31.2 Å². The van der Waals surface area contributed by atoms with Gasteiger partial charge >= 0.3 is 11.9 Å². The van der Waals surface area contributed by atoms with Gasteiger partial charge in [-0.3, -0.25) is 0 Å². The first-order chi connectivity index (χ1) is 17.4. The minimum Gasteiger partial charge on any atom is -0.493 e. The van der Waals surface area contributed by atoms with Gasteiger partial charge in [0, 0.05) is 6.08 Å². The van der Waals surface area contributed by atoms with Crippen LogP contribution in [0, 0.1) is 18.3 Å². The second kappa shape index (κ2) is 12.6. The van der Waals surface area contributed by atoms with E-state index in [1.165, 1.54) is 25.3 Å². The molecule has 0 aromatic heterocycles. The van der Waals surface area contributed by atoms with Gasteiger partial charge in [-0.1, -0.05) is 42.5 Å². The first-order valence-corrected chi connectivity index (χ1v) is 11.0. The summed E-state index contributed by atoms with van der Waals surface area (Å²) in [6.07, 6.45) is 4.25. The molecule has 0 N–H and O–H groups in total. The van der Waals surface area contributed by atoms with Crippen LogP contribution in [0.25, 0.3) is 12.2 Å². The van der Waals surface area contributed by atoms with E-state index in [1.54, 1.807) is 55.7 Å². The molecule has 0 fully saturated rings. The third-order valence-corrected chi connectivity index (χ3v) is 5.16. The highest BCUT2D eigenvalue weighted by Gasteiger charge is 2.10. The summed E-state index contributed by atoms with van der Waals surface area (Å²) in [4.78, 5) is 23.9. The van der Waals surface area contributed by atoms with E-state index in [-0.39, 0.29) is 11.3 Å². The molecule has 0 spiro atoms. The van der Waals surface area contributed by atoms with E-state index in [4.69, 9.17) is 19.5 Å². The predicted molar refractivity (Wildman–Crippen MR) is 135 cm³/mol. The molecule has 7 heteroatoms. The molecule has 0 heterocycles. The Bertz CT molecular complexity index is 1350. The largest absolute Gasteiger partial charge is 0.493 e. The minimum absolute atomic E-state index is 0.166. The highest BCUT2D eigenvalue weighted by Crippen LogP contribution is 2.29. The average Bonchev–Trinajstić information content (AvgIpc) is 2.90. The van der Waals surface area contributed by atoms with E-state index in [0.717, 1.165) is 16.7 Å². The van der Waals surface area contributed by atoms with Gasteiger partial charge in [0.25, 0.3) is 0 Å². The monoisotopic (exact) mass is 483 g/mol. The van der Waals surface area contributed by atoms with Crippen molar-refractivity contribution >= 4 is 24.1 Å². The Balaban J connectivity index is 1.66. The van der Waals surface area contributed by atoms with Crippen LogP contribution in [0.2, 0.25) is 0 Å². The second-order valence-corrected chi connectivity index (χ2v) is 7.61. The quantitative estimate of drug-likeness (QED) is 0.177. The number of aryl methyl sites for hydroxylation is 1. The molecule has 0 aliphatic heterocycles.